The van der Waals surface area contributed by atoms with E-state index in [0.717, 1.165) is 6.42 Å². The Bertz CT molecular complexity index is 187. The monoisotopic (exact) mass is 171 g/mol. The zero-order valence-corrected chi connectivity index (χ0v) is 8.18. The van der Waals surface area contributed by atoms with Gasteiger partial charge >= 0.3 is 6.09 Å². The molecule has 1 rings (SSSR count). The Morgan fingerprint density at radius 3 is 2.50 bits per heavy atom. The van der Waals surface area contributed by atoms with Gasteiger partial charge in [0, 0.05) is 0 Å². The first-order valence-electron chi connectivity index (χ1n) is 4.41. The van der Waals surface area contributed by atoms with Crippen molar-refractivity contribution in [2.75, 3.05) is 0 Å². The number of cyclic esters (lactones) is 1. The molecule has 1 aliphatic heterocycles. The van der Waals surface area contributed by atoms with Crippen molar-refractivity contribution in [3.63, 3.8) is 0 Å². The van der Waals surface area contributed by atoms with Crippen molar-refractivity contribution < 1.29 is 9.53 Å². The maximum absolute atomic E-state index is 10.9. The lowest BCUT2D eigenvalue weighted by atomic mass is 9.92. The first-order valence-corrected chi connectivity index (χ1v) is 4.41. The van der Waals surface area contributed by atoms with Gasteiger partial charge in [0.2, 0.25) is 0 Å². The molecule has 1 atom stereocenters. The molecule has 1 amide bonds. The molecular weight excluding hydrogens is 154 g/mol. The van der Waals surface area contributed by atoms with E-state index in [1.165, 1.54) is 0 Å². The summed E-state index contributed by atoms with van der Waals surface area (Å²) >= 11 is 0. The second-order valence-corrected chi connectivity index (χ2v) is 4.32. The number of ether oxygens (including phenoxy) is 1. The third-order valence-electron chi connectivity index (χ3n) is 2.19. The fraction of sp³-hybridized carbons (Fsp3) is 0.889. The molecule has 1 aliphatic rings. The smallest absolute Gasteiger partial charge is 0.408 e. The number of amides is 1. The number of hydrogen-bond donors (Lipinski definition) is 1. The fourth-order valence-corrected chi connectivity index (χ4v) is 1.47. The van der Waals surface area contributed by atoms with Gasteiger partial charge < -0.3 is 10.1 Å². The molecule has 0 bridgehead atoms. The van der Waals surface area contributed by atoms with E-state index < -0.39 is 0 Å². The molecule has 70 valence electrons. The Kier molecular flexibility index (Phi) is 2.31. The van der Waals surface area contributed by atoms with Crippen LogP contribution in [0, 0.1) is 5.92 Å². The van der Waals surface area contributed by atoms with Gasteiger partial charge in [-0.15, -0.1) is 0 Å². The van der Waals surface area contributed by atoms with Crippen LogP contribution in [-0.4, -0.2) is 17.7 Å². The largest absolute Gasteiger partial charge is 0.441 e. The lowest BCUT2D eigenvalue weighted by Gasteiger charge is -2.24. The van der Waals surface area contributed by atoms with Crippen molar-refractivity contribution in [1.82, 2.24) is 5.32 Å². The molecule has 0 aromatic heterocycles. The van der Waals surface area contributed by atoms with Crippen molar-refractivity contribution in [3.05, 3.63) is 0 Å². The van der Waals surface area contributed by atoms with Gasteiger partial charge in [0.15, 0.2) is 0 Å². The number of rotatable bonds is 2. The molecule has 1 N–H and O–H groups in total. The lowest BCUT2D eigenvalue weighted by molar-refractivity contribution is 0.0641. The summed E-state index contributed by atoms with van der Waals surface area (Å²) in [6, 6.07) is 0.157. The maximum Gasteiger partial charge on any atom is 0.408 e. The Morgan fingerprint density at radius 1 is 1.58 bits per heavy atom. The van der Waals surface area contributed by atoms with E-state index in [0.29, 0.717) is 5.92 Å². The van der Waals surface area contributed by atoms with Crippen LogP contribution in [0.25, 0.3) is 0 Å². The molecule has 0 aliphatic carbocycles. The minimum absolute atomic E-state index is 0.157. The van der Waals surface area contributed by atoms with E-state index in [9.17, 15) is 4.79 Å². The molecule has 1 fully saturated rings. The molecule has 0 aromatic rings. The number of carbonyl (C=O) groups is 1. The molecular formula is C9H17NO2. The van der Waals surface area contributed by atoms with E-state index >= 15 is 0 Å². The zero-order chi connectivity index (χ0) is 9.35. The van der Waals surface area contributed by atoms with Crippen LogP contribution in [0.1, 0.15) is 34.1 Å². The molecule has 0 radical (unpaired) electrons. The summed E-state index contributed by atoms with van der Waals surface area (Å²) in [6.07, 6.45) is 0.685. The Balaban J connectivity index is 2.59. The van der Waals surface area contributed by atoms with Crippen LogP contribution in [0.3, 0.4) is 0 Å². The first kappa shape index (κ1) is 9.36. The zero-order valence-electron chi connectivity index (χ0n) is 8.18. The van der Waals surface area contributed by atoms with Crippen molar-refractivity contribution in [3.8, 4) is 0 Å². The quantitative estimate of drug-likeness (QED) is 0.689. The summed E-state index contributed by atoms with van der Waals surface area (Å²) in [5, 5.41) is 2.81. The summed E-state index contributed by atoms with van der Waals surface area (Å²) < 4.78 is 5.11. The predicted octanol–water partition coefficient (Wildman–Crippen LogP) is 1.92. The van der Waals surface area contributed by atoms with Gasteiger partial charge in [-0.1, -0.05) is 13.8 Å². The summed E-state index contributed by atoms with van der Waals surface area (Å²) in [4.78, 5) is 10.9. The molecule has 3 heteroatoms. The normalized spacial score (nSPS) is 27.1. The van der Waals surface area contributed by atoms with E-state index in [1.807, 2.05) is 13.8 Å². The molecule has 0 unspecified atom stereocenters. The van der Waals surface area contributed by atoms with Crippen LogP contribution in [0.4, 0.5) is 4.79 Å². The molecule has 0 aromatic carbocycles. The van der Waals surface area contributed by atoms with Crippen molar-refractivity contribution in [2.24, 2.45) is 5.92 Å². The van der Waals surface area contributed by atoms with Gasteiger partial charge in [-0.25, -0.2) is 4.79 Å². The summed E-state index contributed by atoms with van der Waals surface area (Å²) in [5.41, 5.74) is -0.346. The minimum atomic E-state index is -0.346. The molecule has 0 saturated carbocycles. The molecule has 1 heterocycles. The predicted molar refractivity (Wildman–Crippen MR) is 46.9 cm³/mol. The molecule has 3 nitrogen and oxygen atoms in total. The average molecular weight is 171 g/mol. The van der Waals surface area contributed by atoms with Crippen LogP contribution in [-0.2, 0) is 4.74 Å². The van der Waals surface area contributed by atoms with Gasteiger partial charge in [-0.3, -0.25) is 0 Å². The summed E-state index contributed by atoms with van der Waals surface area (Å²) in [5.74, 6) is 0.580. The fourth-order valence-electron chi connectivity index (χ4n) is 1.47. The van der Waals surface area contributed by atoms with Crippen LogP contribution in [0.5, 0.6) is 0 Å². The maximum atomic E-state index is 10.9. The van der Waals surface area contributed by atoms with Crippen LogP contribution < -0.4 is 5.32 Å². The number of nitrogens with one attached hydrogen (secondary N) is 1. The van der Waals surface area contributed by atoms with Crippen LogP contribution in [0.15, 0.2) is 0 Å². The van der Waals surface area contributed by atoms with Gasteiger partial charge in [-0.2, -0.15) is 0 Å². The highest BCUT2D eigenvalue weighted by molar-refractivity contribution is 5.70. The third-order valence-corrected chi connectivity index (χ3v) is 2.19. The Morgan fingerprint density at radius 2 is 2.17 bits per heavy atom. The second-order valence-electron chi connectivity index (χ2n) is 4.32. The van der Waals surface area contributed by atoms with Crippen molar-refractivity contribution in [1.29, 1.82) is 0 Å². The highest BCUT2D eigenvalue weighted by atomic mass is 16.6. The number of carbonyl (C=O) groups excluding carboxylic acids is 1. The molecule has 1 saturated heterocycles. The van der Waals surface area contributed by atoms with Crippen molar-refractivity contribution >= 4 is 6.09 Å². The van der Waals surface area contributed by atoms with Crippen LogP contribution in [0.2, 0.25) is 0 Å². The minimum Gasteiger partial charge on any atom is -0.441 e. The van der Waals surface area contributed by atoms with Gasteiger partial charge in [-0.05, 0) is 26.2 Å². The molecule has 12 heavy (non-hydrogen) atoms. The Hall–Kier alpha value is -0.730. The first-order chi connectivity index (χ1) is 5.42. The lowest BCUT2D eigenvalue weighted by Crippen LogP contribution is -2.39. The Labute approximate surface area is 73.5 Å². The topological polar surface area (TPSA) is 38.3 Å². The summed E-state index contributed by atoms with van der Waals surface area (Å²) in [7, 11) is 0. The van der Waals surface area contributed by atoms with Gasteiger partial charge in [0.1, 0.15) is 5.60 Å². The van der Waals surface area contributed by atoms with Gasteiger partial charge in [0.25, 0.3) is 0 Å². The number of hydrogen-bond acceptors (Lipinski definition) is 2. The third kappa shape index (κ3) is 1.90. The van der Waals surface area contributed by atoms with E-state index in [-0.39, 0.29) is 17.7 Å². The highest BCUT2D eigenvalue weighted by Gasteiger charge is 2.41. The SMILES string of the molecule is CC(C)C[C@@H]1NC(=O)OC1(C)C. The van der Waals surface area contributed by atoms with Gasteiger partial charge in [0.05, 0.1) is 6.04 Å². The summed E-state index contributed by atoms with van der Waals surface area (Å²) in [6.45, 7) is 8.16. The second kappa shape index (κ2) is 2.96. The number of alkyl carbamates (subject to hydrolysis) is 1. The highest BCUT2D eigenvalue weighted by Crippen LogP contribution is 2.25. The standard InChI is InChI=1S/C9H17NO2/c1-6(2)5-7-9(3,4)12-8(11)10-7/h6-7H,5H2,1-4H3,(H,10,11)/t7-/m0/s1. The van der Waals surface area contributed by atoms with Crippen molar-refractivity contribution in [2.45, 2.75) is 45.8 Å². The molecule has 0 spiro atoms. The van der Waals surface area contributed by atoms with E-state index in [2.05, 4.69) is 19.2 Å². The van der Waals surface area contributed by atoms with Crippen LogP contribution >= 0.6 is 0 Å². The van der Waals surface area contributed by atoms with E-state index in [1.54, 1.807) is 0 Å². The van der Waals surface area contributed by atoms with E-state index in [4.69, 9.17) is 4.74 Å². The average Bonchev–Trinajstić information content (AvgIpc) is 2.04.